The molecule has 2 aromatic rings. The van der Waals surface area contributed by atoms with Crippen molar-refractivity contribution in [2.75, 3.05) is 5.75 Å². The third-order valence-corrected chi connectivity index (χ3v) is 5.68. The second-order valence-corrected chi connectivity index (χ2v) is 7.81. The molecule has 5 nitrogen and oxygen atoms in total. The van der Waals surface area contributed by atoms with Crippen LogP contribution < -0.4 is 5.32 Å². The molecule has 1 N–H and O–H groups in total. The van der Waals surface area contributed by atoms with E-state index in [1.807, 2.05) is 4.57 Å². The molecule has 1 aromatic heterocycles. The van der Waals surface area contributed by atoms with Gasteiger partial charge in [0.1, 0.15) is 5.82 Å². The fraction of sp³-hybridized carbons (Fsp3) is 0.500. The van der Waals surface area contributed by atoms with Gasteiger partial charge in [-0.1, -0.05) is 23.9 Å². The first-order valence-corrected chi connectivity index (χ1v) is 9.74. The maximum Gasteiger partial charge on any atom is 0.230 e. The van der Waals surface area contributed by atoms with Gasteiger partial charge in [0.25, 0.3) is 0 Å². The summed E-state index contributed by atoms with van der Waals surface area (Å²) in [6.07, 6.45) is 4.49. The molecule has 0 saturated heterocycles. The maximum atomic E-state index is 14.1. The fourth-order valence-electron chi connectivity index (χ4n) is 3.00. The molecule has 2 aliphatic rings. The largest absolute Gasteiger partial charge is 0.353 e. The number of benzene rings is 1. The van der Waals surface area contributed by atoms with Crippen molar-refractivity contribution < 1.29 is 9.18 Å². The van der Waals surface area contributed by atoms with Gasteiger partial charge in [-0.25, -0.2) is 4.39 Å². The third kappa shape index (κ3) is 3.71. The Balaban J connectivity index is 1.48. The summed E-state index contributed by atoms with van der Waals surface area (Å²) in [5, 5.41) is 12.2. The highest BCUT2D eigenvalue weighted by Gasteiger charge is 2.32. The van der Waals surface area contributed by atoms with Crippen LogP contribution in [0.25, 0.3) is 11.4 Å². The number of hydrogen-bond acceptors (Lipinski definition) is 4. The van der Waals surface area contributed by atoms with Crippen molar-refractivity contribution in [1.29, 1.82) is 0 Å². The van der Waals surface area contributed by atoms with E-state index in [0.29, 0.717) is 34.3 Å². The van der Waals surface area contributed by atoms with Crippen molar-refractivity contribution in [2.45, 2.75) is 49.8 Å². The predicted octanol–water partition coefficient (Wildman–Crippen LogP) is 3.43. The van der Waals surface area contributed by atoms with Crippen LogP contribution in [0, 0.1) is 11.7 Å². The molecule has 1 heterocycles. The zero-order chi connectivity index (χ0) is 17.4. The van der Waals surface area contributed by atoms with Crippen molar-refractivity contribution in [3.63, 3.8) is 0 Å². The monoisotopic (exact) mass is 360 g/mol. The first-order valence-electron chi connectivity index (χ1n) is 8.75. The van der Waals surface area contributed by atoms with E-state index in [9.17, 15) is 9.18 Å². The molecule has 2 fully saturated rings. The summed E-state index contributed by atoms with van der Waals surface area (Å²) in [5.74, 6) is 1.21. The predicted molar refractivity (Wildman–Crippen MR) is 94.7 cm³/mol. The van der Waals surface area contributed by atoms with E-state index >= 15 is 0 Å². The summed E-state index contributed by atoms with van der Waals surface area (Å²) in [4.78, 5) is 12.1. The molecule has 4 rings (SSSR count). The Morgan fingerprint density at radius 2 is 2.08 bits per heavy atom. The molecule has 2 aliphatic carbocycles. The molecular formula is C18H21FN4OS. The average molecular weight is 360 g/mol. The van der Waals surface area contributed by atoms with Gasteiger partial charge in [-0.15, -0.1) is 10.2 Å². The third-order valence-electron chi connectivity index (χ3n) is 4.74. The Hall–Kier alpha value is -1.89. The molecule has 0 radical (unpaired) electrons. The lowest BCUT2D eigenvalue weighted by Crippen LogP contribution is -2.35. The molecule has 0 aliphatic heterocycles. The van der Waals surface area contributed by atoms with E-state index in [-0.39, 0.29) is 17.8 Å². The smallest absolute Gasteiger partial charge is 0.230 e. The zero-order valence-electron chi connectivity index (χ0n) is 14.1. The van der Waals surface area contributed by atoms with Gasteiger partial charge in [-0.05, 0) is 50.7 Å². The molecule has 2 saturated carbocycles. The van der Waals surface area contributed by atoms with Crippen molar-refractivity contribution in [3.8, 4) is 11.4 Å². The lowest BCUT2D eigenvalue weighted by Gasteiger charge is -2.13. The highest BCUT2D eigenvalue weighted by atomic mass is 32.2. The van der Waals surface area contributed by atoms with E-state index in [1.54, 1.807) is 18.2 Å². The first kappa shape index (κ1) is 16.6. The van der Waals surface area contributed by atoms with E-state index in [0.717, 1.165) is 12.8 Å². The molecule has 1 aromatic carbocycles. The molecule has 132 valence electrons. The molecule has 1 amide bonds. The van der Waals surface area contributed by atoms with Crippen LogP contribution in [0.2, 0.25) is 0 Å². The minimum absolute atomic E-state index is 0.0159. The minimum atomic E-state index is -0.302. The van der Waals surface area contributed by atoms with Gasteiger partial charge in [0.2, 0.25) is 5.91 Å². The van der Waals surface area contributed by atoms with Crippen LogP contribution in [0.15, 0.2) is 29.4 Å². The Labute approximate surface area is 150 Å². The number of halogens is 1. The molecular weight excluding hydrogens is 339 g/mol. The van der Waals surface area contributed by atoms with Crippen molar-refractivity contribution >= 4 is 17.7 Å². The van der Waals surface area contributed by atoms with Gasteiger partial charge in [0, 0.05) is 12.1 Å². The van der Waals surface area contributed by atoms with Crippen LogP contribution in [-0.2, 0) is 4.79 Å². The van der Waals surface area contributed by atoms with Crippen molar-refractivity contribution in [3.05, 3.63) is 30.1 Å². The summed E-state index contributed by atoms with van der Waals surface area (Å²) in [5.41, 5.74) is 0.459. The normalized spacial score (nSPS) is 18.2. The van der Waals surface area contributed by atoms with Crippen LogP contribution in [0.5, 0.6) is 0 Å². The summed E-state index contributed by atoms with van der Waals surface area (Å²) in [7, 11) is 0. The number of nitrogens with one attached hydrogen (secondary N) is 1. The molecule has 25 heavy (non-hydrogen) atoms. The van der Waals surface area contributed by atoms with E-state index in [1.165, 1.54) is 30.7 Å². The average Bonchev–Trinajstić information content (AvgIpc) is 3.50. The number of rotatable bonds is 7. The minimum Gasteiger partial charge on any atom is -0.353 e. The Kier molecular flexibility index (Phi) is 4.50. The standard InChI is InChI=1S/C18H21FN4OS/c1-11(12-6-7-12)20-16(24)10-25-18-22-21-17(23(18)13-8-9-13)14-4-2-3-5-15(14)19/h2-5,11-13H,6-10H2,1H3,(H,20,24)/t11-/m0/s1. The van der Waals surface area contributed by atoms with Gasteiger partial charge in [-0.2, -0.15) is 0 Å². The van der Waals surface area contributed by atoms with Crippen LogP contribution in [0.1, 0.15) is 38.6 Å². The van der Waals surface area contributed by atoms with Crippen molar-refractivity contribution in [1.82, 2.24) is 20.1 Å². The maximum absolute atomic E-state index is 14.1. The van der Waals surface area contributed by atoms with Gasteiger partial charge in [0.15, 0.2) is 11.0 Å². The Morgan fingerprint density at radius 1 is 1.32 bits per heavy atom. The zero-order valence-corrected chi connectivity index (χ0v) is 14.9. The van der Waals surface area contributed by atoms with Crippen LogP contribution in [-0.4, -0.2) is 32.5 Å². The lowest BCUT2D eigenvalue weighted by atomic mass is 10.2. The van der Waals surface area contributed by atoms with Crippen LogP contribution in [0.4, 0.5) is 4.39 Å². The first-order chi connectivity index (χ1) is 12.1. The topological polar surface area (TPSA) is 59.8 Å². The Bertz CT molecular complexity index is 785. The number of thioether (sulfide) groups is 1. The summed E-state index contributed by atoms with van der Waals surface area (Å²) >= 11 is 1.37. The molecule has 0 bridgehead atoms. The highest BCUT2D eigenvalue weighted by Crippen LogP contribution is 2.41. The van der Waals surface area contributed by atoms with Crippen LogP contribution in [0.3, 0.4) is 0 Å². The quantitative estimate of drug-likeness (QED) is 0.769. The summed E-state index contributed by atoms with van der Waals surface area (Å²) in [6.45, 7) is 2.06. The fourth-order valence-corrected chi connectivity index (χ4v) is 3.82. The second kappa shape index (κ2) is 6.78. The number of hydrogen-bond donors (Lipinski definition) is 1. The lowest BCUT2D eigenvalue weighted by molar-refractivity contribution is -0.119. The number of carbonyl (C=O) groups is 1. The number of nitrogens with zero attached hydrogens (tertiary/aromatic N) is 3. The van der Waals surface area contributed by atoms with E-state index in [2.05, 4.69) is 22.4 Å². The number of carbonyl (C=O) groups excluding carboxylic acids is 1. The second-order valence-electron chi connectivity index (χ2n) is 6.87. The van der Waals surface area contributed by atoms with Gasteiger partial charge < -0.3 is 5.32 Å². The van der Waals surface area contributed by atoms with Gasteiger partial charge in [0.05, 0.1) is 11.3 Å². The van der Waals surface area contributed by atoms with Gasteiger partial charge in [-0.3, -0.25) is 9.36 Å². The van der Waals surface area contributed by atoms with Gasteiger partial charge >= 0.3 is 0 Å². The number of amides is 1. The summed E-state index contributed by atoms with van der Waals surface area (Å²) < 4.78 is 16.1. The van der Waals surface area contributed by atoms with E-state index in [4.69, 9.17) is 0 Å². The van der Waals surface area contributed by atoms with Crippen molar-refractivity contribution in [2.24, 2.45) is 5.92 Å². The summed E-state index contributed by atoms with van der Waals surface area (Å²) in [6, 6.07) is 7.16. The Morgan fingerprint density at radius 3 is 2.76 bits per heavy atom. The molecule has 0 unspecified atom stereocenters. The van der Waals surface area contributed by atoms with E-state index < -0.39 is 0 Å². The SMILES string of the molecule is C[C@H](NC(=O)CSc1nnc(-c2ccccc2F)n1C1CC1)C1CC1. The molecule has 1 atom stereocenters. The molecule has 7 heteroatoms. The number of aromatic nitrogens is 3. The molecule has 0 spiro atoms. The van der Waals surface area contributed by atoms with Crippen LogP contribution >= 0.6 is 11.8 Å². The highest BCUT2D eigenvalue weighted by molar-refractivity contribution is 7.99.